The topological polar surface area (TPSA) is 46.1 Å². The van der Waals surface area contributed by atoms with Crippen LogP contribution in [0, 0.1) is 18.3 Å². The quantitative estimate of drug-likeness (QED) is 0.680. The third-order valence-electron chi connectivity index (χ3n) is 3.05. The highest BCUT2D eigenvalue weighted by Crippen LogP contribution is 2.32. The summed E-state index contributed by atoms with van der Waals surface area (Å²) in [5.41, 5.74) is 1.04. The molecule has 0 aliphatic carbocycles. The number of nitrogens with zero attached hydrogens (tertiary/aromatic N) is 2. The molecule has 0 spiro atoms. The van der Waals surface area contributed by atoms with Crippen molar-refractivity contribution in [3.05, 3.63) is 30.1 Å². The van der Waals surface area contributed by atoms with Crippen LogP contribution in [-0.4, -0.2) is 14.2 Å². The molecule has 2 aromatic rings. The molecule has 5 heteroatoms. The van der Waals surface area contributed by atoms with Crippen molar-refractivity contribution in [2.45, 2.75) is 13.5 Å². The van der Waals surface area contributed by atoms with Crippen LogP contribution < -0.4 is 31.0 Å². The van der Waals surface area contributed by atoms with Gasteiger partial charge in [0.15, 0.2) is 23.4 Å². The molecule has 0 aliphatic rings. The molecule has 0 amide bonds. The number of ether oxygens (including phenoxy) is 2. The molecule has 0 radical (unpaired) electrons. The van der Waals surface area contributed by atoms with Gasteiger partial charge in [0.2, 0.25) is 6.54 Å². The lowest BCUT2D eigenvalue weighted by Gasteiger charge is -2.09. The first-order valence-corrected chi connectivity index (χ1v) is 5.63. The number of aromatic nitrogens is 1. The Kier molecular flexibility index (Phi) is 5.13. The average molecular weight is 323 g/mol. The number of hydrogen-bond acceptors (Lipinski definition) is 3. The minimum Gasteiger partial charge on any atom is -1.00 e. The van der Waals surface area contributed by atoms with Gasteiger partial charge >= 0.3 is 0 Å². The zero-order chi connectivity index (χ0) is 13.1. The summed E-state index contributed by atoms with van der Waals surface area (Å²) in [7, 11) is 3.24. The van der Waals surface area contributed by atoms with Gasteiger partial charge in [0, 0.05) is 13.0 Å². The van der Waals surface area contributed by atoms with E-state index in [0.717, 1.165) is 16.5 Å². The van der Waals surface area contributed by atoms with Crippen molar-refractivity contribution in [2.24, 2.45) is 0 Å². The van der Waals surface area contributed by atoms with E-state index in [4.69, 9.17) is 14.7 Å². The van der Waals surface area contributed by atoms with Crippen LogP contribution in [0.15, 0.2) is 24.4 Å². The van der Waals surface area contributed by atoms with Crippen LogP contribution in [0.4, 0.5) is 0 Å². The van der Waals surface area contributed by atoms with E-state index in [1.807, 2.05) is 35.9 Å². The van der Waals surface area contributed by atoms with E-state index >= 15 is 0 Å². The van der Waals surface area contributed by atoms with E-state index in [-0.39, 0.29) is 17.0 Å². The van der Waals surface area contributed by atoms with E-state index in [2.05, 4.69) is 6.07 Å². The third-order valence-corrected chi connectivity index (χ3v) is 3.05. The van der Waals surface area contributed by atoms with Crippen molar-refractivity contribution in [3.63, 3.8) is 0 Å². The fourth-order valence-electron chi connectivity index (χ4n) is 2.03. The Morgan fingerprint density at radius 2 is 1.84 bits per heavy atom. The summed E-state index contributed by atoms with van der Waals surface area (Å²) in [6.07, 6.45) is 1.91. The normalized spacial score (nSPS) is 9.58. The fraction of sp³-hybridized carbons (Fsp3) is 0.286. The van der Waals surface area contributed by atoms with Crippen molar-refractivity contribution >= 4 is 10.8 Å². The zero-order valence-corrected chi connectivity index (χ0v) is 12.7. The molecule has 4 nitrogen and oxygen atoms in total. The Balaban J connectivity index is 0.00000180. The first kappa shape index (κ1) is 15.3. The Hall–Kier alpha value is -1.80. The number of benzene rings is 1. The van der Waals surface area contributed by atoms with E-state index in [0.29, 0.717) is 18.0 Å². The lowest BCUT2D eigenvalue weighted by Crippen LogP contribution is -3.00. The van der Waals surface area contributed by atoms with Crippen LogP contribution >= 0.6 is 0 Å². The molecule has 19 heavy (non-hydrogen) atoms. The maximum Gasteiger partial charge on any atom is 0.234 e. The lowest BCUT2D eigenvalue weighted by atomic mass is 10.1. The summed E-state index contributed by atoms with van der Waals surface area (Å²) in [6, 6.07) is 8.01. The minimum absolute atomic E-state index is 0. The summed E-state index contributed by atoms with van der Waals surface area (Å²) in [5.74, 6) is 1.41. The van der Waals surface area contributed by atoms with Crippen LogP contribution in [0.3, 0.4) is 0 Å². The summed E-state index contributed by atoms with van der Waals surface area (Å²) in [6.45, 7) is 2.34. The molecule has 0 aliphatic heterocycles. The molecule has 2 rings (SSSR count). The van der Waals surface area contributed by atoms with Gasteiger partial charge in [-0.15, -0.1) is 0 Å². The molecule has 0 N–H and O–H groups in total. The zero-order valence-electron chi connectivity index (χ0n) is 11.1. The largest absolute Gasteiger partial charge is 1.00 e. The minimum atomic E-state index is 0. The lowest BCUT2D eigenvalue weighted by molar-refractivity contribution is -0.689. The second kappa shape index (κ2) is 6.39. The Morgan fingerprint density at radius 3 is 2.42 bits per heavy atom. The van der Waals surface area contributed by atoms with Gasteiger partial charge in [-0.25, -0.2) is 0 Å². The smallest absolute Gasteiger partial charge is 0.234 e. The van der Waals surface area contributed by atoms with Crippen LogP contribution in [-0.2, 0) is 6.54 Å². The van der Waals surface area contributed by atoms with Crippen molar-refractivity contribution in [1.82, 2.24) is 0 Å². The Bertz CT molecular complexity index is 635. The first-order valence-electron chi connectivity index (χ1n) is 5.63. The van der Waals surface area contributed by atoms with Gasteiger partial charge < -0.3 is 26.5 Å². The maximum atomic E-state index is 8.78. The van der Waals surface area contributed by atoms with Crippen LogP contribution in [0.25, 0.3) is 10.8 Å². The average Bonchev–Trinajstić information content (AvgIpc) is 2.41. The van der Waals surface area contributed by atoms with Crippen LogP contribution in [0.5, 0.6) is 11.5 Å². The number of pyridine rings is 1. The molecule has 0 saturated carbocycles. The van der Waals surface area contributed by atoms with Gasteiger partial charge in [0.25, 0.3) is 0 Å². The molecule has 100 valence electrons. The molecule has 0 fully saturated rings. The molecule has 0 saturated heterocycles. The van der Waals surface area contributed by atoms with Crippen molar-refractivity contribution in [2.75, 3.05) is 14.2 Å². The van der Waals surface area contributed by atoms with Gasteiger partial charge in [-0.2, -0.15) is 9.83 Å². The summed E-state index contributed by atoms with van der Waals surface area (Å²) >= 11 is 0. The second-order valence-corrected chi connectivity index (χ2v) is 3.98. The number of rotatable bonds is 3. The van der Waals surface area contributed by atoms with Crippen LogP contribution in [0.1, 0.15) is 5.69 Å². The van der Waals surface area contributed by atoms with Gasteiger partial charge in [0.1, 0.15) is 6.07 Å². The molecule has 1 aromatic carbocycles. The Morgan fingerprint density at radius 1 is 1.21 bits per heavy atom. The number of hydrogen-bond donors (Lipinski definition) is 0. The SMILES string of the molecule is COc1cc2cc[n+](CC#N)c(C)c2cc1OC.[Br-]. The van der Waals surface area contributed by atoms with Crippen molar-refractivity contribution < 1.29 is 31.0 Å². The van der Waals surface area contributed by atoms with Gasteiger partial charge in [-0.05, 0) is 17.5 Å². The van der Waals surface area contributed by atoms with E-state index in [1.54, 1.807) is 14.2 Å². The monoisotopic (exact) mass is 322 g/mol. The Labute approximate surface area is 122 Å². The highest BCUT2D eigenvalue weighted by atomic mass is 79.9. The van der Waals surface area contributed by atoms with Gasteiger partial charge in [-0.3, -0.25) is 0 Å². The van der Waals surface area contributed by atoms with E-state index in [9.17, 15) is 0 Å². The summed E-state index contributed by atoms with van der Waals surface area (Å²) in [4.78, 5) is 0. The highest BCUT2D eigenvalue weighted by Gasteiger charge is 2.14. The van der Waals surface area contributed by atoms with Gasteiger partial charge in [0.05, 0.1) is 19.6 Å². The number of halogens is 1. The van der Waals surface area contributed by atoms with Gasteiger partial charge in [-0.1, -0.05) is 0 Å². The highest BCUT2D eigenvalue weighted by molar-refractivity contribution is 5.86. The van der Waals surface area contributed by atoms with Crippen molar-refractivity contribution in [1.29, 1.82) is 5.26 Å². The van der Waals surface area contributed by atoms with E-state index < -0.39 is 0 Å². The molecule has 1 aromatic heterocycles. The number of nitriles is 1. The summed E-state index contributed by atoms with van der Waals surface area (Å²) in [5, 5.41) is 10.9. The molecule has 0 bridgehead atoms. The second-order valence-electron chi connectivity index (χ2n) is 3.98. The third kappa shape index (κ3) is 2.79. The van der Waals surface area contributed by atoms with Crippen LogP contribution in [0.2, 0.25) is 0 Å². The van der Waals surface area contributed by atoms with E-state index in [1.165, 1.54) is 0 Å². The first-order chi connectivity index (χ1) is 8.71. The summed E-state index contributed by atoms with van der Waals surface area (Å²) < 4.78 is 12.5. The number of fused-ring (bicyclic) bond motifs is 1. The number of methoxy groups -OCH3 is 2. The molecule has 0 unspecified atom stereocenters. The molecular weight excluding hydrogens is 308 g/mol. The fourth-order valence-corrected chi connectivity index (χ4v) is 2.03. The molecule has 1 heterocycles. The predicted octanol–water partition coefficient (Wildman–Crippen LogP) is -1.02. The standard InChI is InChI=1S/C14H15N2O2.BrH/c1-10-12-9-14(18-3)13(17-2)8-11(12)4-6-16(10)7-5-15;/h4,6,8-9H,7H2,1-3H3;1H/q+1;/p-1. The molecule has 0 atom stereocenters. The molecular formula is C14H15BrN2O2. The maximum absolute atomic E-state index is 8.78. The predicted molar refractivity (Wildman–Crippen MR) is 67.6 cm³/mol. The van der Waals surface area contributed by atoms with Crippen molar-refractivity contribution in [3.8, 4) is 17.6 Å². The number of aryl methyl sites for hydroxylation is 1.